The van der Waals surface area contributed by atoms with Gasteiger partial charge in [-0.2, -0.15) is 0 Å². The van der Waals surface area contributed by atoms with Crippen molar-refractivity contribution in [2.24, 2.45) is 0 Å². The number of pyridine rings is 1. The Morgan fingerprint density at radius 1 is 1.13 bits per heavy atom. The fraction of sp³-hybridized carbons (Fsp3) is 0.0455. The number of ether oxygens (including phenoxy) is 1. The molecule has 2 aromatic heterocycles. The molecule has 0 aliphatic carbocycles. The van der Waals surface area contributed by atoms with E-state index in [1.54, 1.807) is 24.3 Å². The number of hydrogen-bond donors (Lipinski definition) is 2. The number of amides is 2. The number of carbonyl (C=O) groups excluding carboxylic acids is 2. The molecule has 148 valence electrons. The Morgan fingerprint density at radius 3 is 2.83 bits per heavy atom. The van der Waals surface area contributed by atoms with E-state index in [4.69, 9.17) is 16.3 Å². The largest absolute Gasteiger partial charge is 0.482 e. The van der Waals surface area contributed by atoms with Crippen molar-refractivity contribution in [2.75, 3.05) is 17.2 Å². The standard InChI is InChI=1S/C22H14ClN3O3S/c23-20-8-7-19(30-20)17-10-14(13-3-1-2-4-15(13)25-17)22(28)24-12-5-6-18-16(9-12)26-21(27)11-29-18/h1-10H,11H2,(H,24,28)(H,26,27). The number of rotatable bonds is 3. The highest BCUT2D eigenvalue weighted by molar-refractivity contribution is 7.19. The van der Waals surface area contributed by atoms with Gasteiger partial charge >= 0.3 is 0 Å². The lowest BCUT2D eigenvalue weighted by atomic mass is 10.1. The fourth-order valence-corrected chi connectivity index (χ4v) is 4.30. The summed E-state index contributed by atoms with van der Waals surface area (Å²) in [5.74, 6) is 0.0599. The summed E-state index contributed by atoms with van der Waals surface area (Å²) in [5, 5.41) is 6.39. The molecular formula is C22H14ClN3O3S. The van der Waals surface area contributed by atoms with E-state index in [0.29, 0.717) is 32.7 Å². The molecule has 1 aliphatic heterocycles. The molecule has 0 spiro atoms. The SMILES string of the molecule is O=C1COc2ccc(NC(=O)c3cc(-c4ccc(Cl)s4)nc4ccccc34)cc2N1. The van der Waals surface area contributed by atoms with Crippen molar-refractivity contribution in [2.45, 2.75) is 0 Å². The highest BCUT2D eigenvalue weighted by Crippen LogP contribution is 2.33. The van der Waals surface area contributed by atoms with Crippen LogP contribution in [0.2, 0.25) is 4.34 Å². The number of para-hydroxylation sites is 1. The van der Waals surface area contributed by atoms with Gasteiger partial charge in [-0.15, -0.1) is 11.3 Å². The molecule has 8 heteroatoms. The lowest BCUT2D eigenvalue weighted by Crippen LogP contribution is -2.25. The first kappa shape index (κ1) is 18.6. The molecule has 2 N–H and O–H groups in total. The Bertz CT molecular complexity index is 1320. The summed E-state index contributed by atoms with van der Waals surface area (Å²) in [6.07, 6.45) is 0. The van der Waals surface area contributed by atoms with Gasteiger partial charge in [-0.1, -0.05) is 29.8 Å². The van der Waals surface area contributed by atoms with Crippen LogP contribution >= 0.6 is 22.9 Å². The second-order valence-electron chi connectivity index (χ2n) is 6.68. The molecule has 0 radical (unpaired) electrons. The minimum atomic E-state index is -0.277. The average Bonchev–Trinajstić information content (AvgIpc) is 3.19. The molecule has 2 amide bonds. The average molecular weight is 436 g/mol. The van der Waals surface area contributed by atoms with Crippen molar-refractivity contribution >= 4 is 57.0 Å². The molecule has 2 aromatic carbocycles. The van der Waals surface area contributed by atoms with Gasteiger partial charge in [0.2, 0.25) is 0 Å². The molecule has 0 atom stereocenters. The first-order valence-electron chi connectivity index (χ1n) is 9.10. The van der Waals surface area contributed by atoms with Crippen molar-refractivity contribution in [3.63, 3.8) is 0 Å². The maximum atomic E-state index is 13.2. The van der Waals surface area contributed by atoms with E-state index in [1.165, 1.54) is 11.3 Å². The molecule has 4 aromatic rings. The lowest BCUT2D eigenvalue weighted by Gasteiger charge is -2.18. The smallest absolute Gasteiger partial charge is 0.262 e. The van der Waals surface area contributed by atoms with Crippen LogP contribution in [0.5, 0.6) is 5.75 Å². The van der Waals surface area contributed by atoms with Crippen molar-refractivity contribution in [3.8, 4) is 16.3 Å². The van der Waals surface area contributed by atoms with Crippen LogP contribution < -0.4 is 15.4 Å². The maximum Gasteiger partial charge on any atom is 0.262 e. The third-order valence-corrected chi connectivity index (χ3v) is 5.91. The Labute approximate surface area is 180 Å². The molecule has 0 unspecified atom stereocenters. The third-order valence-electron chi connectivity index (χ3n) is 4.66. The van der Waals surface area contributed by atoms with Gasteiger partial charge in [0.05, 0.1) is 31.7 Å². The van der Waals surface area contributed by atoms with Gasteiger partial charge in [-0.25, -0.2) is 4.98 Å². The van der Waals surface area contributed by atoms with E-state index in [1.807, 2.05) is 36.4 Å². The second kappa shape index (κ2) is 7.44. The summed E-state index contributed by atoms with van der Waals surface area (Å²) < 4.78 is 6.02. The quantitative estimate of drug-likeness (QED) is 0.463. The number of hydrogen-bond acceptors (Lipinski definition) is 5. The first-order chi connectivity index (χ1) is 14.6. The van der Waals surface area contributed by atoms with E-state index in [2.05, 4.69) is 15.6 Å². The predicted octanol–water partition coefficient (Wildman–Crippen LogP) is 5.20. The van der Waals surface area contributed by atoms with Crippen LogP contribution in [0.3, 0.4) is 0 Å². The predicted molar refractivity (Wildman–Crippen MR) is 119 cm³/mol. The van der Waals surface area contributed by atoms with E-state index in [9.17, 15) is 9.59 Å². The molecular weight excluding hydrogens is 422 g/mol. The van der Waals surface area contributed by atoms with Crippen LogP contribution in [-0.2, 0) is 4.79 Å². The van der Waals surface area contributed by atoms with Gasteiger partial charge in [0.15, 0.2) is 6.61 Å². The number of benzene rings is 2. The van der Waals surface area contributed by atoms with Crippen molar-refractivity contribution in [1.82, 2.24) is 4.98 Å². The van der Waals surface area contributed by atoms with E-state index in [0.717, 1.165) is 15.8 Å². The van der Waals surface area contributed by atoms with E-state index in [-0.39, 0.29) is 18.4 Å². The van der Waals surface area contributed by atoms with Crippen LogP contribution in [0.25, 0.3) is 21.5 Å². The number of nitrogens with zero attached hydrogens (tertiary/aromatic N) is 1. The van der Waals surface area contributed by atoms with Crippen molar-refractivity contribution in [3.05, 3.63) is 70.6 Å². The maximum absolute atomic E-state index is 13.2. The van der Waals surface area contributed by atoms with Gasteiger partial charge in [0, 0.05) is 11.1 Å². The first-order valence-corrected chi connectivity index (χ1v) is 10.3. The Hall–Kier alpha value is -3.42. The minimum absolute atomic E-state index is 0.0166. The monoisotopic (exact) mass is 435 g/mol. The fourth-order valence-electron chi connectivity index (χ4n) is 3.30. The summed E-state index contributed by atoms with van der Waals surface area (Å²) >= 11 is 7.48. The lowest BCUT2D eigenvalue weighted by molar-refractivity contribution is -0.118. The number of thiophene rings is 1. The minimum Gasteiger partial charge on any atom is -0.482 e. The summed E-state index contributed by atoms with van der Waals surface area (Å²) in [6, 6.07) is 18.1. The summed E-state index contributed by atoms with van der Waals surface area (Å²) in [4.78, 5) is 30.3. The topological polar surface area (TPSA) is 80.3 Å². The molecule has 1 aliphatic rings. The van der Waals surface area contributed by atoms with Gasteiger partial charge in [-0.3, -0.25) is 9.59 Å². The van der Waals surface area contributed by atoms with Gasteiger partial charge in [0.1, 0.15) is 5.75 Å². The van der Waals surface area contributed by atoms with E-state index < -0.39 is 0 Å². The van der Waals surface area contributed by atoms with E-state index >= 15 is 0 Å². The number of fused-ring (bicyclic) bond motifs is 2. The molecule has 0 saturated heterocycles. The highest BCUT2D eigenvalue weighted by atomic mass is 35.5. The Balaban J connectivity index is 1.53. The number of halogens is 1. The summed E-state index contributed by atoms with van der Waals surface area (Å²) in [6.45, 7) is -0.0166. The normalized spacial score (nSPS) is 12.8. The molecule has 3 heterocycles. The zero-order valence-corrected chi connectivity index (χ0v) is 17.0. The van der Waals surface area contributed by atoms with Crippen molar-refractivity contribution in [1.29, 1.82) is 0 Å². The van der Waals surface area contributed by atoms with Gasteiger partial charge < -0.3 is 15.4 Å². The number of nitrogens with one attached hydrogen (secondary N) is 2. The molecule has 0 saturated carbocycles. The van der Waals surface area contributed by atoms with Crippen LogP contribution in [0.15, 0.2) is 60.7 Å². The Morgan fingerprint density at radius 2 is 2.00 bits per heavy atom. The highest BCUT2D eigenvalue weighted by Gasteiger charge is 2.18. The summed E-state index contributed by atoms with van der Waals surface area (Å²) in [7, 11) is 0. The van der Waals surface area contributed by atoms with Gasteiger partial charge in [-0.05, 0) is 42.5 Å². The molecule has 0 bridgehead atoms. The molecule has 6 nitrogen and oxygen atoms in total. The van der Waals surface area contributed by atoms with Crippen LogP contribution in [0.4, 0.5) is 11.4 Å². The second-order valence-corrected chi connectivity index (χ2v) is 8.39. The number of carbonyl (C=O) groups is 2. The summed E-state index contributed by atoms with van der Waals surface area (Å²) in [5.41, 5.74) is 2.97. The molecule has 30 heavy (non-hydrogen) atoms. The third kappa shape index (κ3) is 3.49. The number of anilines is 2. The molecule has 0 fully saturated rings. The molecule has 5 rings (SSSR count). The van der Waals surface area contributed by atoms with Crippen molar-refractivity contribution < 1.29 is 14.3 Å². The van der Waals surface area contributed by atoms with Crippen LogP contribution in [0.1, 0.15) is 10.4 Å². The zero-order chi connectivity index (χ0) is 20.7. The Kier molecular flexibility index (Phi) is 4.61. The zero-order valence-electron chi connectivity index (χ0n) is 15.4. The number of aromatic nitrogens is 1. The van der Waals surface area contributed by atoms with Crippen LogP contribution in [0, 0.1) is 0 Å². The van der Waals surface area contributed by atoms with Crippen LogP contribution in [-0.4, -0.2) is 23.4 Å². The van der Waals surface area contributed by atoms with Gasteiger partial charge in [0.25, 0.3) is 11.8 Å².